The summed E-state index contributed by atoms with van der Waals surface area (Å²) in [4.78, 5) is 43.7. The molecule has 1 atom stereocenters. The standard InChI is InChI=1S/C23H28N4O4/c1-15(2)22(30)26-8-7-23(13-26)10-19-25-21(29)18(12-27(19)14-23)20(28)24-11-16-5-4-6-17(9-16)31-3/h4-6,9,12,15H,7-8,10-11,13-14H2,1-3H3,(H,24,28). The number of hydrogen-bond acceptors (Lipinski definition) is 5. The fourth-order valence-corrected chi connectivity index (χ4v) is 4.54. The van der Waals surface area contributed by atoms with E-state index in [1.54, 1.807) is 13.3 Å². The number of amides is 2. The quantitative estimate of drug-likeness (QED) is 0.787. The number of nitrogens with one attached hydrogen (secondary N) is 1. The molecule has 164 valence electrons. The first-order chi connectivity index (χ1) is 14.8. The van der Waals surface area contributed by atoms with Crippen molar-refractivity contribution in [2.24, 2.45) is 11.3 Å². The molecule has 0 bridgehead atoms. The van der Waals surface area contributed by atoms with Crippen LogP contribution >= 0.6 is 0 Å². The summed E-state index contributed by atoms with van der Waals surface area (Å²) in [7, 11) is 1.59. The van der Waals surface area contributed by atoms with E-state index in [4.69, 9.17) is 4.74 Å². The molecule has 2 aliphatic heterocycles. The maximum absolute atomic E-state index is 12.7. The molecule has 8 heteroatoms. The molecule has 2 aliphatic rings. The van der Waals surface area contributed by atoms with E-state index in [0.717, 1.165) is 18.5 Å². The smallest absolute Gasteiger partial charge is 0.285 e. The number of methoxy groups -OCH3 is 1. The third-order valence-electron chi connectivity index (χ3n) is 6.19. The second-order valence-electron chi connectivity index (χ2n) is 8.88. The lowest BCUT2D eigenvalue weighted by Crippen LogP contribution is -2.35. The van der Waals surface area contributed by atoms with Crippen LogP contribution in [0.4, 0.5) is 0 Å². The Bertz CT molecular complexity index is 1080. The van der Waals surface area contributed by atoms with E-state index in [1.165, 1.54) is 0 Å². The largest absolute Gasteiger partial charge is 0.497 e. The molecule has 3 heterocycles. The number of fused-ring (bicyclic) bond motifs is 1. The molecule has 2 aromatic rings. The van der Waals surface area contributed by atoms with Crippen LogP contribution in [0.1, 0.15) is 42.0 Å². The number of ether oxygens (including phenoxy) is 1. The van der Waals surface area contributed by atoms with Crippen molar-refractivity contribution in [3.63, 3.8) is 0 Å². The van der Waals surface area contributed by atoms with Crippen molar-refractivity contribution >= 4 is 11.8 Å². The van der Waals surface area contributed by atoms with E-state index >= 15 is 0 Å². The van der Waals surface area contributed by atoms with Gasteiger partial charge in [-0.2, -0.15) is 4.98 Å². The van der Waals surface area contributed by atoms with E-state index in [1.807, 2.05) is 47.6 Å². The average molecular weight is 425 g/mol. The van der Waals surface area contributed by atoms with E-state index in [-0.39, 0.29) is 29.3 Å². The van der Waals surface area contributed by atoms with Gasteiger partial charge in [0.1, 0.15) is 17.1 Å². The van der Waals surface area contributed by atoms with Crippen molar-refractivity contribution in [2.75, 3.05) is 20.2 Å². The van der Waals surface area contributed by atoms with E-state index in [0.29, 0.717) is 31.1 Å². The Hall–Kier alpha value is -3.16. The van der Waals surface area contributed by atoms with E-state index in [9.17, 15) is 14.4 Å². The Morgan fingerprint density at radius 3 is 2.84 bits per heavy atom. The van der Waals surface area contributed by atoms with Crippen LogP contribution in [0.5, 0.6) is 5.75 Å². The Labute approximate surface area is 181 Å². The normalized spacial score (nSPS) is 19.7. The fraction of sp³-hybridized carbons (Fsp3) is 0.478. The Morgan fingerprint density at radius 1 is 1.29 bits per heavy atom. The van der Waals surface area contributed by atoms with Crippen molar-refractivity contribution in [3.05, 3.63) is 57.8 Å². The molecule has 1 spiro atoms. The van der Waals surface area contributed by atoms with Crippen molar-refractivity contribution < 1.29 is 14.3 Å². The van der Waals surface area contributed by atoms with Crippen LogP contribution in [0.15, 0.2) is 35.3 Å². The molecule has 8 nitrogen and oxygen atoms in total. The molecule has 1 aromatic heterocycles. The summed E-state index contributed by atoms with van der Waals surface area (Å²) in [5.74, 6) is 1.08. The molecule has 0 saturated carbocycles. The average Bonchev–Trinajstić information content (AvgIpc) is 3.33. The molecule has 0 aliphatic carbocycles. The summed E-state index contributed by atoms with van der Waals surface area (Å²) < 4.78 is 7.10. The summed E-state index contributed by atoms with van der Waals surface area (Å²) in [6.07, 6.45) is 3.14. The van der Waals surface area contributed by atoms with Crippen molar-refractivity contribution in [2.45, 2.75) is 39.8 Å². The molecule has 1 unspecified atom stereocenters. The van der Waals surface area contributed by atoms with Gasteiger partial charge in [0.2, 0.25) is 5.91 Å². The van der Waals surface area contributed by atoms with Crippen LogP contribution in [0.3, 0.4) is 0 Å². The van der Waals surface area contributed by atoms with Gasteiger partial charge < -0.3 is 19.5 Å². The minimum Gasteiger partial charge on any atom is -0.497 e. The summed E-state index contributed by atoms with van der Waals surface area (Å²) in [5.41, 5.74) is 0.297. The molecule has 1 N–H and O–H groups in total. The lowest BCUT2D eigenvalue weighted by atomic mass is 9.86. The fourth-order valence-electron chi connectivity index (χ4n) is 4.54. The summed E-state index contributed by atoms with van der Waals surface area (Å²) in [6.45, 7) is 6.16. The molecule has 31 heavy (non-hydrogen) atoms. The number of aromatic nitrogens is 2. The molecule has 2 amide bonds. The molecular formula is C23H28N4O4. The van der Waals surface area contributed by atoms with Gasteiger partial charge in [0.25, 0.3) is 11.5 Å². The van der Waals surface area contributed by atoms with Crippen LogP contribution in [0.2, 0.25) is 0 Å². The number of likely N-dealkylation sites (tertiary alicyclic amines) is 1. The second kappa shape index (κ2) is 8.17. The zero-order valence-electron chi connectivity index (χ0n) is 18.2. The molecule has 1 aromatic carbocycles. The van der Waals surface area contributed by atoms with Gasteiger partial charge in [-0.05, 0) is 24.1 Å². The third-order valence-corrected chi connectivity index (χ3v) is 6.19. The Kier molecular flexibility index (Phi) is 5.56. The van der Waals surface area contributed by atoms with Crippen LogP contribution in [-0.4, -0.2) is 46.5 Å². The maximum atomic E-state index is 12.7. The summed E-state index contributed by atoms with van der Waals surface area (Å²) >= 11 is 0. The van der Waals surface area contributed by atoms with Gasteiger partial charge in [-0.1, -0.05) is 26.0 Å². The number of benzene rings is 1. The monoisotopic (exact) mass is 424 g/mol. The topological polar surface area (TPSA) is 93.5 Å². The van der Waals surface area contributed by atoms with Gasteiger partial charge in [-0.3, -0.25) is 14.4 Å². The SMILES string of the molecule is COc1cccc(CNC(=O)c2cn3c(nc2=O)CC2(CCN(C(=O)C(C)C)C2)C3)c1. The predicted molar refractivity (Wildman–Crippen MR) is 115 cm³/mol. The number of carbonyl (C=O) groups excluding carboxylic acids is 2. The zero-order valence-corrected chi connectivity index (χ0v) is 18.2. The first-order valence-electron chi connectivity index (χ1n) is 10.6. The lowest BCUT2D eigenvalue weighted by molar-refractivity contribution is -0.133. The van der Waals surface area contributed by atoms with Gasteiger partial charge in [-0.25, -0.2) is 0 Å². The highest BCUT2D eigenvalue weighted by molar-refractivity contribution is 5.93. The molecule has 1 fully saturated rings. The number of rotatable bonds is 5. The van der Waals surface area contributed by atoms with Gasteiger partial charge in [0, 0.05) is 50.1 Å². The minimum absolute atomic E-state index is 0.0298. The Balaban J connectivity index is 1.46. The number of carbonyl (C=O) groups is 2. The highest BCUT2D eigenvalue weighted by atomic mass is 16.5. The lowest BCUT2D eigenvalue weighted by Gasteiger charge is -2.24. The zero-order chi connectivity index (χ0) is 22.2. The maximum Gasteiger partial charge on any atom is 0.285 e. The predicted octanol–water partition coefficient (Wildman–Crippen LogP) is 1.61. The van der Waals surface area contributed by atoms with Gasteiger partial charge in [0.05, 0.1) is 7.11 Å². The van der Waals surface area contributed by atoms with Crippen LogP contribution in [-0.2, 0) is 24.3 Å². The number of hydrogen-bond donors (Lipinski definition) is 1. The van der Waals surface area contributed by atoms with Crippen molar-refractivity contribution in [3.8, 4) is 5.75 Å². The third kappa shape index (κ3) is 4.19. The van der Waals surface area contributed by atoms with Gasteiger partial charge in [0.15, 0.2) is 0 Å². The number of nitrogens with zero attached hydrogens (tertiary/aromatic N) is 3. The van der Waals surface area contributed by atoms with Crippen molar-refractivity contribution in [1.82, 2.24) is 19.8 Å². The molecule has 1 saturated heterocycles. The van der Waals surface area contributed by atoms with Crippen LogP contribution in [0, 0.1) is 11.3 Å². The van der Waals surface area contributed by atoms with E-state index in [2.05, 4.69) is 10.3 Å². The van der Waals surface area contributed by atoms with Gasteiger partial charge in [-0.15, -0.1) is 0 Å². The molecule has 4 rings (SSSR count). The van der Waals surface area contributed by atoms with E-state index < -0.39 is 11.5 Å². The first-order valence-corrected chi connectivity index (χ1v) is 10.6. The van der Waals surface area contributed by atoms with Crippen molar-refractivity contribution in [1.29, 1.82) is 0 Å². The highest BCUT2D eigenvalue weighted by Crippen LogP contribution is 2.40. The van der Waals surface area contributed by atoms with Gasteiger partial charge >= 0.3 is 0 Å². The second-order valence-corrected chi connectivity index (χ2v) is 8.88. The minimum atomic E-state index is -0.514. The molecular weight excluding hydrogens is 396 g/mol. The van der Waals surface area contributed by atoms with Crippen LogP contribution < -0.4 is 15.6 Å². The summed E-state index contributed by atoms with van der Waals surface area (Å²) in [5, 5.41) is 2.79. The molecule has 0 radical (unpaired) electrons. The highest BCUT2D eigenvalue weighted by Gasteiger charge is 2.45. The Morgan fingerprint density at radius 2 is 2.10 bits per heavy atom. The summed E-state index contributed by atoms with van der Waals surface area (Å²) in [6, 6.07) is 7.39. The van der Waals surface area contributed by atoms with Crippen LogP contribution in [0.25, 0.3) is 0 Å². The first kappa shape index (κ1) is 21.1.